The Morgan fingerprint density at radius 2 is 1.95 bits per heavy atom. The van der Waals surface area contributed by atoms with Crippen LogP contribution in [0.15, 0.2) is 42.5 Å². The number of aromatic carboxylic acids is 1. The molecule has 0 aliphatic rings. The molecule has 0 aromatic heterocycles. The molecule has 0 heterocycles. The monoisotopic (exact) mass is 251 g/mol. The molecule has 2 rings (SSSR count). The molecule has 3 nitrogen and oxygen atoms in total. The lowest BCUT2D eigenvalue weighted by molar-refractivity contribution is 0.0696. The van der Waals surface area contributed by atoms with E-state index < -0.39 is 5.97 Å². The fraction of sp³-hybridized carbons (Fsp3) is 0.0625. The molecule has 19 heavy (non-hydrogen) atoms. The summed E-state index contributed by atoms with van der Waals surface area (Å²) in [7, 11) is 0. The number of rotatable bonds is 3. The molecule has 2 N–H and O–H groups in total. The molecule has 2 aromatic rings. The van der Waals surface area contributed by atoms with E-state index in [2.05, 4.69) is 11.2 Å². The van der Waals surface area contributed by atoms with Crippen LogP contribution in [-0.2, 0) is 0 Å². The minimum Gasteiger partial charge on any atom is -0.478 e. The maximum absolute atomic E-state index is 11.1. The van der Waals surface area contributed by atoms with E-state index in [-0.39, 0.29) is 5.56 Å². The van der Waals surface area contributed by atoms with E-state index in [0.717, 1.165) is 22.5 Å². The molecule has 94 valence electrons. The zero-order chi connectivity index (χ0) is 13.8. The third-order valence-electron chi connectivity index (χ3n) is 2.79. The minimum atomic E-state index is -0.932. The van der Waals surface area contributed by atoms with E-state index in [1.807, 2.05) is 30.3 Å². The van der Waals surface area contributed by atoms with Crippen molar-refractivity contribution in [1.29, 1.82) is 0 Å². The summed E-state index contributed by atoms with van der Waals surface area (Å²) in [6.07, 6.45) is 5.34. The Kier molecular flexibility index (Phi) is 3.53. The molecule has 0 amide bonds. The first kappa shape index (κ1) is 12.7. The molecule has 0 saturated carbocycles. The van der Waals surface area contributed by atoms with Gasteiger partial charge in [-0.2, -0.15) is 0 Å². The quantitative estimate of drug-likeness (QED) is 0.822. The van der Waals surface area contributed by atoms with Gasteiger partial charge in [-0.15, -0.1) is 6.42 Å². The molecule has 2 aromatic carbocycles. The van der Waals surface area contributed by atoms with Crippen molar-refractivity contribution >= 4 is 17.3 Å². The highest BCUT2D eigenvalue weighted by Crippen LogP contribution is 2.20. The molecule has 0 bridgehead atoms. The van der Waals surface area contributed by atoms with E-state index in [1.165, 1.54) is 0 Å². The maximum atomic E-state index is 11.1. The third-order valence-corrected chi connectivity index (χ3v) is 2.79. The van der Waals surface area contributed by atoms with Crippen molar-refractivity contribution in [2.24, 2.45) is 0 Å². The first-order valence-electron chi connectivity index (χ1n) is 5.78. The molecule has 0 aliphatic heterocycles. The van der Waals surface area contributed by atoms with Crippen molar-refractivity contribution < 1.29 is 9.90 Å². The standard InChI is InChI=1S/C16H13NO2/c1-3-12-5-4-6-13(9-12)17-14-8-7-11(2)15(10-14)16(18)19/h1,4-10,17H,2H3,(H,18,19). The Morgan fingerprint density at radius 1 is 1.21 bits per heavy atom. The highest BCUT2D eigenvalue weighted by Gasteiger charge is 2.07. The topological polar surface area (TPSA) is 49.3 Å². The van der Waals surface area contributed by atoms with Crippen molar-refractivity contribution in [2.75, 3.05) is 5.32 Å². The lowest BCUT2D eigenvalue weighted by Crippen LogP contribution is -2.01. The Morgan fingerprint density at radius 3 is 2.63 bits per heavy atom. The summed E-state index contributed by atoms with van der Waals surface area (Å²) in [4.78, 5) is 11.1. The predicted octanol–water partition coefficient (Wildman–Crippen LogP) is 3.42. The number of carboxylic acids is 1. The van der Waals surface area contributed by atoms with Crippen LogP contribution in [0.3, 0.4) is 0 Å². The van der Waals surface area contributed by atoms with Gasteiger partial charge in [-0.25, -0.2) is 4.79 Å². The summed E-state index contributed by atoms with van der Waals surface area (Å²) in [5, 5.41) is 12.2. The number of nitrogens with one attached hydrogen (secondary N) is 1. The second-order valence-corrected chi connectivity index (χ2v) is 4.18. The summed E-state index contributed by atoms with van der Waals surface area (Å²) in [6, 6.07) is 12.6. The van der Waals surface area contributed by atoms with Gasteiger partial charge in [0.1, 0.15) is 0 Å². The zero-order valence-corrected chi connectivity index (χ0v) is 10.5. The van der Waals surface area contributed by atoms with Gasteiger partial charge in [-0.05, 0) is 42.8 Å². The van der Waals surface area contributed by atoms with Gasteiger partial charge in [0.15, 0.2) is 0 Å². The van der Waals surface area contributed by atoms with E-state index in [0.29, 0.717) is 0 Å². The Hall–Kier alpha value is -2.73. The van der Waals surface area contributed by atoms with Crippen LogP contribution in [0.5, 0.6) is 0 Å². The normalized spacial score (nSPS) is 9.68. The number of terminal acetylenes is 1. The van der Waals surface area contributed by atoms with Gasteiger partial charge in [-0.1, -0.05) is 18.1 Å². The molecule has 0 unspecified atom stereocenters. The molecule has 0 aliphatic carbocycles. The minimum absolute atomic E-state index is 0.290. The molecule has 0 atom stereocenters. The third kappa shape index (κ3) is 2.93. The molecule has 0 spiro atoms. The van der Waals surface area contributed by atoms with Gasteiger partial charge in [0.2, 0.25) is 0 Å². The molecule has 0 radical (unpaired) electrons. The fourth-order valence-electron chi connectivity index (χ4n) is 1.78. The summed E-state index contributed by atoms with van der Waals surface area (Å²) >= 11 is 0. The average molecular weight is 251 g/mol. The summed E-state index contributed by atoms with van der Waals surface area (Å²) in [5.74, 6) is 1.63. The highest BCUT2D eigenvalue weighted by molar-refractivity contribution is 5.90. The Bertz CT molecular complexity index is 669. The SMILES string of the molecule is C#Cc1cccc(Nc2ccc(C)c(C(=O)O)c2)c1. The lowest BCUT2D eigenvalue weighted by Gasteiger charge is -2.09. The second-order valence-electron chi connectivity index (χ2n) is 4.18. The van der Waals surface area contributed by atoms with Gasteiger partial charge in [0.25, 0.3) is 0 Å². The smallest absolute Gasteiger partial charge is 0.336 e. The van der Waals surface area contributed by atoms with E-state index in [4.69, 9.17) is 11.5 Å². The molecule has 0 fully saturated rings. The van der Waals surface area contributed by atoms with Crippen molar-refractivity contribution in [3.05, 3.63) is 59.2 Å². The number of hydrogen-bond acceptors (Lipinski definition) is 2. The summed E-state index contributed by atoms with van der Waals surface area (Å²) in [5.41, 5.74) is 3.34. The van der Waals surface area contributed by atoms with Crippen molar-refractivity contribution in [1.82, 2.24) is 0 Å². The van der Waals surface area contributed by atoms with Gasteiger partial charge >= 0.3 is 5.97 Å². The van der Waals surface area contributed by atoms with Gasteiger partial charge in [0, 0.05) is 16.9 Å². The average Bonchev–Trinajstić information content (AvgIpc) is 2.41. The number of carbonyl (C=O) groups is 1. The number of aryl methyl sites for hydroxylation is 1. The van der Waals surface area contributed by atoms with Crippen LogP contribution in [-0.4, -0.2) is 11.1 Å². The van der Waals surface area contributed by atoms with Crippen LogP contribution in [0.1, 0.15) is 21.5 Å². The van der Waals surface area contributed by atoms with Gasteiger partial charge in [-0.3, -0.25) is 0 Å². The predicted molar refractivity (Wildman–Crippen MR) is 75.8 cm³/mol. The van der Waals surface area contributed by atoms with Crippen LogP contribution in [0.4, 0.5) is 11.4 Å². The molecule has 0 saturated heterocycles. The first-order chi connectivity index (χ1) is 9.10. The van der Waals surface area contributed by atoms with Crippen LogP contribution < -0.4 is 5.32 Å². The van der Waals surface area contributed by atoms with Gasteiger partial charge < -0.3 is 10.4 Å². The second kappa shape index (κ2) is 5.28. The van der Waals surface area contributed by atoms with Crippen molar-refractivity contribution in [3.8, 4) is 12.3 Å². The first-order valence-corrected chi connectivity index (χ1v) is 5.78. The van der Waals surface area contributed by atoms with Crippen LogP contribution >= 0.6 is 0 Å². The number of benzene rings is 2. The van der Waals surface area contributed by atoms with E-state index in [9.17, 15) is 4.79 Å². The lowest BCUT2D eigenvalue weighted by atomic mass is 10.1. The Labute approximate surface area is 111 Å². The molecular formula is C16H13NO2. The molecule has 3 heteroatoms. The van der Waals surface area contributed by atoms with Crippen molar-refractivity contribution in [3.63, 3.8) is 0 Å². The van der Waals surface area contributed by atoms with Crippen LogP contribution in [0, 0.1) is 19.3 Å². The number of carboxylic acid groups (broad SMARTS) is 1. The maximum Gasteiger partial charge on any atom is 0.336 e. The summed E-state index contributed by atoms with van der Waals surface area (Å²) < 4.78 is 0. The van der Waals surface area contributed by atoms with Gasteiger partial charge in [0.05, 0.1) is 5.56 Å². The highest BCUT2D eigenvalue weighted by atomic mass is 16.4. The Balaban J connectivity index is 2.31. The zero-order valence-electron chi connectivity index (χ0n) is 10.5. The largest absolute Gasteiger partial charge is 0.478 e. The summed E-state index contributed by atoms with van der Waals surface area (Å²) in [6.45, 7) is 1.77. The van der Waals surface area contributed by atoms with E-state index >= 15 is 0 Å². The number of anilines is 2. The number of hydrogen-bond donors (Lipinski definition) is 2. The van der Waals surface area contributed by atoms with E-state index in [1.54, 1.807) is 19.1 Å². The van der Waals surface area contributed by atoms with Crippen LogP contribution in [0.2, 0.25) is 0 Å². The van der Waals surface area contributed by atoms with Crippen LogP contribution in [0.25, 0.3) is 0 Å². The molecular weight excluding hydrogens is 238 g/mol. The fourth-order valence-corrected chi connectivity index (χ4v) is 1.78. The van der Waals surface area contributed by atoms with Crippen molar-refractivity contribution in [2.45, 2.75) is 6.92 Å².